The summed E-state index contributed by atoms with van der Waals surface area (Å²) in [5, 5.41) is 36.2. The number of rotatable bonds is 50. The minimum absolute atomic E-state index is 0. The molecule has 0 bridgehead atoms. The number of carboxylic acids is 2. The number of nitrogens with one attached hydrogen (secondary N) is 3. The molecule has 2 rings (SSSR count). The molecule has 19 heteroatoms. The van der Waals surface area contributed by atoms with Gasteiger partial charge < -0.3 is 45.5 Å². The number of amides is 5. The maximum Gasteiger partial charge on any atom is 0.326 e. The molecule has 0 radical (unpaired) electrons. The number of allylic oxidation sites excluding steroid dienone is 1. The van der Waals surface area contributed by atoms with Crippen LogP contribution in [0.1, 0.15) is 240 Å². The third-order valence-corrected chi connectivity index (χ3v) is 15.0. The molecule has 3 unspecified atom stereocenters. The van der Waals surface area contributed by atoms with Gasteiger partial charge in [-0.1, -0.05) is 111 Å². The summed E-state index contributed by atoms with van der Waals surface area (Å²) >= 11 is 0. The maximum atomic E-state index is 13.1. The van der Waals surface area contributed by atoms with Gasteiger partial charge in [-0.05, 0) is 90.4 Å². The second-order valence-corrected chi connectivity index (χ2v) is 21.9. The highest BCUT2D eigenvalue weighted by atomic mass is 16.5. The Hall–Kier alpha value is -4.75. The molecule has 0 aromatic heterocycles. The van der Waals surface area contributed by atoms with Gasteiger partial charge in [0.05, 0.1) is 19.0 Å². The molecule has 19 nitrogen and oxygen atoms in total. The minimum Gasteiger partial charge on any atom is -0.513 e. The zero-order valence-electron chi connectivity index (χ0n) is 49.5. The number of imide groups is 1. The van der Waals surface area contributed by atoms with Gasteiger partial charge in [0.25, 0.3) is 0 Å². The quantitative estimate of drug-likeness (QED) is 0.0188. The number of ether oxygens (including phenoxy) is 3. The van der Waals surface area contributed by atoms with Crippen LogP contribution in [0.15, 0.2) is 12.3 Å². The molecule has 0 spiro atoms. The lowest BCUT2D eigenvalue weighted by Gasteiger charge is -2.28. The lowest BCUT2D eigenvalue weighted by molar-refractivity contribution is -0.143. The van der Waals surface area contributed by atoms with Gasteiger partial charge in [-0.2, -0.15) is 0 Å². The first-order valence-electron chi connectivity index (χ1n) is 30.8. The number of hydrogen-bond donors (Lipinski definition) is 6. The molecule has 6 N–H and O–H groups in total. The van der Waals surface area contributed by atoms with E-state index in [0.717, 1.165) is 51.4 Å². The van der Waals surface area contributed by atoms with Gasteiger partial charge in [0.1, 0.15) is 17.6 Å². The van der Waals surface area contributed by atoms with E-state index in [1.165, 1.54) is 88.4 Å². The molecule has 3 atom stereocenters. The van der Waals surface area contributed by atoms with Crippen molar-refractivity contribution in [2.75, 3.05) is 59.3 Å². The van der Waals surface area contributed by atoms with Crippen molar-refractivity contribution in [2.24, 2.45) is 23.7 Å². The highest BCUT2D eigenvalue weighted by Crippen LogP contribution is 2.32. The summed E-state index contributed by atoms with van der Waals surface area (Å²) in [6.07, 6.45) is 26.4. The van der Waals surface area contributed by atoms with Crippen molar-refractivity contribution in [3.8, 4) is 0 Å². The molecular formula is C62H110N4O15. The first kappa shape index (κ1) is 76.2. The Balaban J connectivity index is 0.00000269. The number of Topliss-reactive ketones (excluding diaryl/α,β-unsaturated/α-hetero) is 2. The van der Waals surface area contributed by atoms with Crippen molar-refractivity contribution in [1.29, 1.82) is 0 Å². The number of likely N-dealkylation sites (tertiary alicyclic amines) is 1. The van der Waals surface area contributed by atoms with E-state index >= 15 is 0 Å². The topological polar surface area (TPSA) is 281 Å². The molecule has 81 heavy (non-hydrogen) atoms. The van der Waals surface area contributed by atoms with Crippen LogP contribution in [0.2, 0.25) is 0 Å². The SMILES string of the molecule is C.C=C(O)CCCCCCCCCCCCCCCCCCC(=O)CCC1CCC(C(=O)NC(CCC(=O)CC(CCC(=O)O)C(=O)NCCCOCCOCC)C(=O)O)CC1.CCOCCCNC(=O)CCN1C(=O)CC(C)C1=O. The molecule has 468 valence electrons. The van der Waals surface area contributed by atoms with E-state index in [2.05, 4.69) is 22.5 Å². The van der Waals surface area contributed by atoms with E-state index in [1.54, 1.807) is 6.92 Å². The van der Waals surface area contributed by atoms with Crippen LogP contribution >= 0.6 is 0 Å². The van der Waals surface area contributed by atoms with E-state index in [4.69, 9.17) is 24.4 Å². The van der Waals surface area contributed by atoms with E-state index in [1.807, 2.05) is 13.8 Å². The smallest absolute Gasteiger partial charge is 0.326 e. The number of aliphatic carboxylic acids is 2. The molecule has 5 amide bonds. The Bertz CT molecular complexity index is 1790. The number of carbonyl (C=O) groups excluding carboxylic acids is 7. The van der Waals surface area contributed by atoms with E-state index in [-0.39, 0.29) is 100 Å². The van der Waals surface area contributed by atoms with Gasteiger partial charge in [0, 0.05) is 115 Å². The molecular weight excluding hydrogens is 1040 g/mol. The molecule has 2 fully saturated rings. The van der Waals surface area contributed by atoms with Gasteiger partial charge in [0.15, 0.2) is 0 Å². The molecule has 2 aliphatic rings. The minimum atomic E-state index is -1.25. The van der Waals surface area contributed by atoms with Crippen molar-refractivity contribution in [3.05, 3.63) is 12.3 Å². The highest BCUT2D eigenvalue weighted by molar-refractivity contribution is 6.03. The number of hydrogen-bond acceptors (Lipinski definition) is 13. The summed E-state index contributed by atoms with van der Waals surface area (Å²) in [5.74, 6) is -4.39. The maximum absolute atomic E-state index is 13.1. The lowest BCUT2D eigenvalue weighted by Crippen LogP contribution is -2.44. The normalized spacial score (nSPS) is 16.6. The van der Waals surface area contributed by atoms with Crippen LogP contribution in [0.5, 0.6) is 0 Å². The Kier molecular flexibility index (Phi) is 46.9. The number of aliphatic hydroxyl groups is 1. The van der Waals surface area contributed by atoms with E-state index in [0.29, 0.717) is 102 Å². The predicted molar refractivity (Wildman–Crippen MR) is 314 cm³/mol. The summed E-state index contributed by atoms with van der Waals surface area (Å²) in [5.41, 5.74) is 0. The number of ketones is 2. The van der Waals surface area contributed by atoms with Gasteiger partial charge in [0.2, 0.25) is 29.5 Å². The highest BCUT2D eigenvalue weighted by Gasteiger charge is 2.35. The summed E-state index contributed by atoms with van der Waals surface area (Å²) in [6.45, 7) is 13.3. The zero-order valence-corrected chi connectivity index (χ0v) is 49.5. The summed E-state index contributed by atoms with van der Waals surface area (Å²) in [6, 6.07) is -1.25. The van der Waals surface area contributed by atoms with Gasteiger partial charge >= 0.3 is 11.9 Å². The summed E-state index contributed by atoms with van der Waals surface area (Å²) in [4.78, 5) is 110. The van der Waals surface area contributed by atoms with Gasteiger partial charge in [-0.3, -0.25) is 43.3 Å². The average Bonchev–Trinajstić information content (AvgIpc) is 3.73. The first-order chi connectivity index (χ1) is 38.5. The van der Waals surface area contributed by atoms with E-state index < -0.39 is 29.8 Å². The van der Waals surface area contributed by atoms with Crippen molar-refractivity contribution in [2.45, 2.75) is 246 Å². The van der Waals surface area contributed by atoms with Crippen LogP contribution in [0.25, 0.3) is 0 Å². The molecule has 1 saturated carbocycles. The monoisotopic (exact) mass is 1150 g/mol. The number of aliphatic hydroxyl groups excluding tert-OH is 1. The second kappa shape index (κ2) is 49.8. The summed E-state index contributed by atoms with van der Waals surface area (Å²) < 4.78 is 15.8. The van der Waals surface area contributed by atoms with Crippen LogP contribution < -0.4 is 16.0 Å². The first-order valence-corrected chi connectivity index (χ1v) is 30.8. The molecule has 1 aliphatic heterocycles. The predicted octanol–water partition coefficient (Wildman–Crippen LogP) is 10.5. The van der Waals surface area contributed by atoms with Crippen LogP contribution in [-0.4, -0.2) is 139 Å². The van der Waals surface area contributed by atoms with Crippen LogP contribution in [0.4, 0.5) is 0 Å². The Morgan fingerprint density at radius 1 is 0.605 bits per heavy atom. The average molecular weight is 1150 g/mol. The van der Waals surface area contributed by atoms with Crippen LogP contribution in [0.3, 0.4) is 0 Å². The molecule has 1 aliphatic carbocycles. The standard InChI is InChI=1S/C48H84N2O11.C13H22N2O4.CH4/c1-3-60-35-36-61-34-20-33-49-46(56)41(28-32-45(54)55)37-43(53)30-31-44(48(58)59)50-47(57)40-26-23-39(24-27-40)25-29-42(52)22-19-17-15-13-11-9-7-5-4-6-8-10-12-14-16-18-21-38(2)51;1-3-19-8-4-6-14-11(16)5-7-15-12(17)9-10(2)13(15)18;/h39-41,44,51H,2-37H2,1H3,(H,49,56)(H,50,57)(H,54,55)(H,58,59);10H,3-9H2,1-2H3,(H,14,16);1H4. The Morgan fingerprint density at radius 3 is 1.64 bits per heavy atom. The van der Waals surface area contributed by atoms with Crippen LogP contribution in [0, 0.1) is 23.7 Å². The molecule has 0 aromatic carbocycles. The van der Waals surface area contributed by atoms with Crippen molar-refractivity contribution < 1.29 is 72.7 Å². The third kappa shape index (κ3) is 41.0. The van der Waals surface area contributed by atoms with Gasteiger partial charge in [-0.25, -0.2) is 4.79 Å². The molecule has 1 heterocycles. The number of nitrogens with zero attached hydrogens (tertiary/aromatic N) is 1. The van der Waals surface area contributed by atoms with Crippen molar-refractivity contribution in [3.63, 3.8) is 0 Å². The second-order valence-electron chi connectivity index (χ2n) is 21.9. The van der Waals surface area contributed by atoms with E-state index in [9.17, 15) is 48.3 Å². The lowest BCUT2D eigenvalue weighted by atomic mass is 9.79. The van der Waals surface area contributed by atoms with Crippen molar-refractivity contribution >= 4 is 53.0 Å². The Labute approximate surface area is 486 Å². The number of carbonyl (C=O) groups is 9. The third-order valence-electron chi connectivity index (χ3n) is 15.0. The number of carboxylic acid groups (broad SMARTS) is 2. The number of unbranched alkanes of at least 4 members (excludes halogenated alkanes) is 15. The molecule has 1 saturated heterocycles. The summed E-state index contributed by atoms with van der Waals surface area (Å²) in [7, 11) is 0. The fourth-order valence-electron chi connectivity index (χ4n) is 10.0. The Morgan fingerprint density at radius 2 is 1.12 bits per heavy atom. The fraction of sp³-hybridized carbons (Fsp3) is 0.823. The molecule has 0 aromatic rings. The zero-order chi connectivity index (χ0) is 59.2. The fourth-order valence-corrected chi connectivity index (χ4v) is 10.0. The van der Waals surface area contributed by atoms with Crippen molar-refractivity contribution in [1.82, 2.24) is 20.9 Å². The largest absolute Gasteiger partial charge is 0.513 e. The van der Waals surface area contributed by atoms with Gasteiger partial charge in [-0.15, -0.1) is 0 Å². The van der Waals surface area contributed by atoms with Crippen LogP contribution in [-0.2, 0) is 57.4 Å².